The molecule has 1 aromatic heterocycles. The Balaban J connectivity index is 1.06. The SMILES string of the molecule is CN(C)c1cc(C(=O)N2C[C@@H]3CN(C(=O)[C@@H]4CCC5NNNC5C4)C[C@H]3C2)cc(OCC2CCOCC2)n1. The van der Waals surface area contributed by atoms with Crippen molar-refractivity contribution in [1.82, 2.24) is 31.2 Å². The highest BCUT2D eigenvalue weighted by molar-refractivity contribution is 5.95. The molecule has 11 nitrogen and oxygen atoms in total. The lowest BCUT2D eigenvalue weighted by Crippen LogP contribution is -2.45. The Kier molecular flexibility index (Phi) is 7.43. The van der Waals surface area contributed by atoms with Crippen LogP contribution in [-0.4, -0.2) is 98.8 Å². The highest BCUT2D eigenvalue weighted by Gasteiger charge is 2.45. The Bertz CT molecular complexity index is 1020. The monoisotopic (exact) mass is 527 g/mol. The number of rotatable bonds is 6. The summed E-state index contributed by atoms with van der Waals surface area (Å²) in [6.07, 6.45) is 4.79. The number of hydrogen-bond acceptors (Lipinski definition) is 9. The summed E-state index contributed by atoms with van der Waals surface area (Å²) in [6, 6.07) is 4.36. The van der Waals surface area contributed by atoms with E-state index < -0.39 is 0 Å². The Hall–Kier alpha value is -2.47. The minimum Gasteiger partial charge on any atom is -0.477 e. The third kappa shape index (κ3) is 5.34. The first-order chi connectivity index (χ1) is 18.4. The quantitative estimate of drug-likeness (QED) is 0.491. The lowest BCUT2D eigenvalue weighted by atomic mass is 9.82. The zero-order valence-electron chi connectivity index (χ0n) is 22.5. The third-order valence-corrected chi connectivity index (χ3v) is 9.10. The van der Waals surface area contributed by atoms with Gasteiger partial charge in [-0.3, -0.25) is 9.59 Å². The summed E-state index contributed by atoms with van der Waals surface area (Å²) in [5, 5.41) is 0. The summed E-state index contributed by atoms with van der Waals surface area (Å²) in [5.41, 5.74) is 10.1. The van der Waals surface area contributed by atoms with Gasteiger partial charge in [0, 0.05) is 95.0 Å². The molecule has 0 aromatic carbocycles. The molecule has 1 saturated carbocycles. The number of carbonyl (C=O) groups excluding carboxylic acids is 2. The van der Waals surface area contributed by atoms with Crippen molar-refractivity contribution in [2.75, 3.05) is 65.0 Å². The second-order valence-corrected chi connectivity index (χ2v) is 11.9. The zero-order chi connectivity index (χ0) is 26.2. The number of ether oxygens (including phenoxy) is 2. The van der Waals surface area contributed by atoms with Crippen molar-refractivity contribution < 1.29 is 19.1 Å². The summed E-state index contributed by atoms with van der Waals surface area (Å²) >= 11 is 0. The van der Waals surface area contributed by atoms with Crippen molar-refractivity contribution in [3.05, 3.63) is 17.7 Å². The molecule has 5 heterocycles. The van der Waals surface area contributed by atoms with E-state index in [1.807, 2.05) is 30.0 Å². The number of aromatic nitrogens is 1. The predicted octanol–water partition coefficient (Wildman–Crippen LogP) is 0.633. The molecule has 5 fully saturated rings. The van der Waals surface area contributed by atoms with E-state index in [4.69, 9.17) is 9.47 Å². The smallest absolute Gasteiger partial charge is 0.254 e. The normalized spacial score (nSPS) is 31.3. The fourth-order valence-corrected chi connectivity index (χ4v) is 6.77. The van der Waals surface area contributed by atoms with Crippen LogP contribution in [-0.2, 0) is 9.53 Å². The standard InChI is InChI=1S/C27H41N7O4/c1-32(2)24-10-19(11-25(28-24)38-16-17-5-7-37-8-6-17)27(36)34-14-20-12-33(13-21(20)15-34)26(35)18-3-4-22-23(9-18)30-31-29-22/h10-11,17-18,20-23,29-31H,3-9,12-16H2,1-2H3/t18-,20+,21+,22?,23?/m1/s1. The van der Waals surface area contributed by atoms with Crippen molar-refractivity contribution in [2.45, 2.75) is 44.2 Å². The van der Waals surface area contributed by atoms with Gasteiger partial charge in [-0.1, -0.05) is 0 Å². The second-order valence-electron chi connectivity index (χ2n) is 11.9. The molecule has 11 heteroatoms. The molecule has 0 spiro atoms. The van der Waals surface area contributed by atoms with E-state index in [-0.39, 0.29) is 11.8 Å². The molecule has 5 atom stereocenters. The Labute approximate surface area is 224 Å². The third-order valence-electron chi connectivity index (χ3n) is 9.10. The largest absolute Gasteiger partial charge is 0.477 e. The predicted molar refractivity (Wildman–Crippen MR) is 141 cm³/mol. The summed E-state index contributed by atoms with van der Waals surface area (Å²) in [6.45, 7) is 5.02. The van der Waals surface area contributed by atoms with E-state index in [1.165, 1.54) is 0 Å². The maximum Gasteiger partial charge on any atom is 0.254 e. The van der Waals surface area contributed by atoms with Crippen molar-refractivity contribution in [3.63, 3.8) is 0 Å². The van der Waals surface area contributed by atoms with Crippen molar-refractivity contribution in [1.29, 1.82) is 0 Å². The lowest BCUT2D eigenvalue weighted by Gasteiger charge is -2.32. The number of carbonyl (C=O) groups is 2. The van der Waals surface area contributed by atoms with E-state index in [0.29, 0.717) is 72.7 Å². The van der Waals surface area contributed by atoms with Crippen molar-refractivity contribution in [3.8, 4) is 5.88 Å². The van der Waals surface area contributed by atoms with Gasteiger partial charge in [-0.15, -0.1) is 0 Å². The van der Waals surface area contributed by atoms with Gasteiger partial charge in [-0.2, -0.15) is 10.5 Å². The first kappa shape index (κ1) is 25.8. The molecular weight excluding hydrogens is 486 g/mol. The molecule has 1 aliphatic carbocycles. The van der Waals surface area contributed by atoms with E-state index >= 15 is 0 Å². The summed E-state index contributed by atoms with van der Waals surface area (Å²) in [7, 11) is 3.85. The average Bonchev–Trinajstić information content (AvgIpc) is 3.66. The van der Waals surface area contributed by atoms with E-state index in [0.717, 1.165) is 58.4 Å². The number of fused-ring (bicyclic) bond motifs is 2. The van der Waals surface area contributed by atoms with Gasteiger partial charge < -0.3 is 24.2 Å². The minimum atomic E-state index is 0.0179. The molecule has 0 radical (unpaired) electrons. The lowest BCUT2D eigenvalue weighted by molar-refractivity contribution is -0.136. The highest BCUT2D eigenvalue weighted by atomic mass is 16.5. The molecule has 2 amide bonds. The van der Waals surface area contributed by atoms with Crippen LogP contribution in [0.2, 0.25) is 0 Å². The number of likely N-dealkylation sites (tertiary alicyclic amines) is 2. The minimum absolute atomic E-state index is 0.0179. The molecule has 4 saturated heterocycles. The number of anilines is 1. The van der Waals surface area contributed by atoms with Gasteiger partial charge in [0.2, 0.25) is 11.8 Å². The van der Waals surface area contributed by atoms with Crippen LogP contribution in [0.25, 0.3) is 0 Å². The fourth-order valence-electron chi connectivity index (χ4n) is 6.77. The maximum atomic E-state index is 13.6. The van der Waals surface area contributed by atoms with Crippen LogP contribution < -0.4 is 26.0 Å². The van der Waals surface area contributed by atoms with Crippen LogP contribution in [0.5, 0.6) is 5.88 Å². The first-order valence-corrected chi connectivity index (χ1v) is 14.2. The number of amides is 2. The molecule has 0 bridgehead atoms. The van der Waals surface area contributed by atoms with Gasteiger partial charge in [0.05, 0.1) is 6.61 Å². The van der Waals surface area contributed by atoms with Crippen LogP contribution in [0.3, 0.4) is 0 Å². The van der Waals surface area contributed by atoms with Crippen LogP contribution >= 0.6 is 0 Å². The number of pyridine rings is 1. The summed E-state index contributed by atoms with van der Waals surface area (Å²) in [4.78, 5) is 37.5. The maximum absolute atomic E-state index is 13.6. The molecule has 4 aliphatic heterocycles. The fraction of sp³-hybridized carbons (Fsp3) is 0.741. The Morgan fingerprint density at radius 2 is 1.71 bits per heavy atom. The molecule has 6 rings (SSSR count). The van der Waals surface area contributed by atoms with E-state index in [2.05, 4.69) is 26.3 Å². The van der Waals surface area contributed by atoms with Crippen LogP contribution in [0.4, 0.5) is 5.82 Å². The average molecular weight is 528 g/mol. The molecule has 208 valence electrons. The van der Waals surface area contributed by atoms with Gasteiger partial charge in [-0.05, 0) is 44.1 Å². The van der Waals surface area contributed by atoms with Gasteiger partial charge in [0.15, 0.2) is 0 Å². The van der Waals surface area contributed by atoms with Crippen molar-refractivity contribution >= 4 is 17.6 Å². The molecular formula is C27H41N7O4. The first-order valence-electron chi connectivity index (χ1n) is 14.2. The van der Waals surface area contributed by atoms with Crippen molar-refractivity contribution in [2.24, 2.45) is 23.7 Å². The number of hydrogen-bond donors (Lipinski definition) is 3. The highest BCUT2D eigenvalue weighted by Crippen LogP contribution is 2.35. The number of nitrogens with one attached hydrogen (secondary N) is 3. The molecule has 38 heavy (non-hydrogen) atoms. The van der Waals surface area contributed by atoms with E-state index in [1.54, 1.807) is 6.07 Å². The molecule has 2 unspecified atom stereocenters. The second kappa shape index (κ2) is 11.0. The Morgan fingerprint density at radius 3 is 2.45 bits per heavy atom. The molecule has 1 aromatic rings. The van der Waals surface area contributed by atoms with Gasteiger partial charge in [-0.25, -0.2) is 10.9 Å². The Morgan fingerprint density at radius 1 is 1.00 bits per heavy atom. The van der Waals surface area contributed by atoms with Gasteiger partial charge in [0.25, 0.3) is 5.91 Å². The molecule has 3 N–H and O–H groups in total. The number of nitrogens with zero attached hydrogens (tertiary/aromatic N) is 4. The van der Waals surface area contributed by atoms with E-state index in [9.17, 15) is 9.59 Å². The molecule has 5 aliphatic rings. The van der Waals surface area contributed by atoms with Crippen LogP contribution in [0, 0.1) is 23.7 Å². The topological polar surface area (TPSA) is 111 Å². The number of hydrazine groups is 2. The van der Waals surface area contributed by atoms with Crippen LogP contribution in [0.15, 0.2) is 12.1 Å². The summed E-state index contributed by atoms with van der Waals surface area (Å²) < 4.78 is 11.5. The van der Waals surface area contributed by atoms with Gasteiger partial charge in [0.1, 0.15) is 5.82 Å². The zero-order valence-corrected chi connectivity index (χ0v) is 22.5. The van der Waals surface area contributed by atoms with Gasteiger partial charge >= 0.3 is 0 Å². The summed E-state index contributed by atoms with van der Waals surface area (Å²) in [5.74, 6) is 2.74. The van der Waals surface area contributed by atoms with Crippen LogP contribution in [0.1, 0.15) is 42.5 Å².